The van der Waals surface area contributed by atoms with Crippen LogP contribution < -0.4 is 10.1 Å². The summed E-state index contributed by atoms with van der Waals surface area (Å²) in [5, 5.41) is 2.65. The van der Waals surface area contributed by atoms with Crippen LogP contribution in [0, 0.1) is 5.92 Å². The second-order valence-corrected chi connectivity index (χ2v) is 4.35. The summed E-state index contributed by atoms with van der Waals surface area (Å²) in [5.74, 6) is -0.281. The van der Waals surface area contributed by atoms with E-state index >= 15 is 0 Å². The van der Waals surface area contributed by atoms with Gasteiger partial charge in [0.2, 0.25) is 5.91 Å². The molecule has 5 heteroatoms. The molecule has 1 amide bonds. The molecule has 0 spiro atoms. The highest BCUT2D eigenvalue weighted by Gasteiger charge is 2.20. The van der Waals surface area contributed by atoms with E-state index in [0.29, 0.717) is 6.42 Å². The fourth-order valence-electron chi connectivity index (χ4n) is 2.04. The van der Waals surface area contributed by atoms with E-state index in [1.807, 2.05) is 12.2 Å². The number of carbonyl (C=O) groups excluding carboxylic acids is 1. The van der Waals surface area contributed by atoms with Crippen LogP contribution in [0.2, 0.25) is 0 Å². The SMILES string of the molecule is O=C(Nc1ccccc1OC(F)F)C1CC=CCC1. The predicted molar refractivity (Wildman–Crippen MR) is 68.2 cm³/mol. The summed E-state index contributed by atoms with van der Waals surface area (Å²) in [6.07, 6.45) is 6.34. The Bertz CT molecular complexity index is 474. The minimum atomic E-state index is -2.91. The van der Waals surface area contributed by atoms with Crippen molar-refractivity contribution in [3.05, 3.63) is 36.4 Å². The van der Waals surface area contributed by atoms with Gasteiger partial charge in [-0.25, -0.2) is 0 Å². The number of nitrogens with one attached hydrogen (secondary N) is 1. The molecule has 0 bridgehead atoms. The van der Waals surface area contributed by atoms with Crippen LogP contribution >= 0.6 is 0 Å². The van der Waals surface area contributed by atoms with E-state index in [4.69, 9.17) is 0 Å². The Hall–Kier alpha value is -1.91. The molecule has 2 rings (SSSR count). The Kier molecular flexibility index (Phi) is 4.49. The zero-order valence-corrected chi connectivity index (χ0v) is 10.3. The average Bonchev–Trinajstić information content (AvgIpc) is 2.41. The highest BCUT2D eigenvalue weighted by atomic mass is 19.3. The molecule has 0 aromatic heterocycles. The molecular weight excluding hydrogens is 252 g/mol. The zero-order chi connectivity index (χ0) is 13.7. The van der Waals surface area contributed by atoms with E-state index in [-0.39, 0.29) is 23.3 Å². The number of hydrogen-bond acceptors (Lipinski definition) is 2. The summed E-state index contributed by atoms with van der Waals surface area (Å²) >= 11 is 0. The quantitative estimate of drug-likeness (QED) is 0.847. The normalized spacial score (nSPS) is 18.4. The number of carbonyl (C=O) groups is 1. The Balaban J connectivity index is 2.05. The largest absolute Gasteiger partial charge is 0.433 e. The van der Waals surface area contributed by atoms with Crippen molar-refractivity contribution in [2.45, 2.75) is 25.9 Å². The van der Waals surface area contributed by atoms with Gasteiger partial charge in [0.15, 0.2) is 0 Å². The lowest BCUT2D eigenvalue weighted by molar-refractivity contribution is -0.120. The van der Waals surface area contributed by atoms with Crippen LogP contribution in [0.25, 0.3) is 0 Å². The smallest absolute Gasteiger partial charge is 0.387 e. The maximum Gasteiger partial charge on any atom is 0.387 e. The Labute approximate surface area is 110 Å². The van der Waals surface area contributed by atoms with Gasteiger partial charge in [0, 0.05) is 5.92 Å². The first-order chi connectivity index (χ1) is 9.16. The number of para-hydroxylation sites is 2. The van der Waals surface area contributed by atoms with Crippen LogP contribution in [-0.2, 0) is 4.79 Å². The van der Waals surface area contributed by atoms with Crippen molar-refractivity contribution in [1.29, 1.82) is 0 Å². The number of allylic oxidation sites excluding steroid dienone is 2. The van der Waals surface area contributed by atoms with Gasteiger partial charge in [-0.3, -0.25) is 4.79 Å². The monoisotopic (exact) mass is 267 g/mol. The van der Waals surface area contributed by atoms with E-state index in [1.54, 1.807) is 18.2 Å². The first kappa shape index (κ1) is 13.5. The van der Waals surface area contributed by atoms with Crippen molar-refractivity contribution >= 4 is 11.6 Å². The first-order valence-corrected chi connectivity index (χ1v) is 6.16. The molecule has 1 aliphatic carbocycles. The summed E-state index contributed by atoms with van der Waals surface area (Å²) < 4.78 is 28.9. The summed E-state index contributed by atoms with van der Waals surface area (Å²) in [6.45, 7) is -2.91. The molecule has 0 fully saturated rings. The molecule has 19 heavy (non-hydrogen) atoms. The fourth-order valence-corrected chi connectivity index (χ4v) is 2.04. The average molecular weight is 267 g/mol. The third-order valence-corrected chi connectivity index (χ3v) is 3.00. The van der Waals surface area contributed by atoms with Crippen molar-refractivity contribution in [2.75, 3.05) is 5.32 Å². The molecule has 1 aromatic rings. The van der Waals surface area contributed by atoms with Gasteiger partial charge in [0.1, 0.15) is 5.75 Å². The van der Waals surface area contributed by atoms with Gasteiger partial charge in [0.05, 0.1) is 5.69 Å². The third-order valence-electron chi connectivity index (χ3n) is 3.00. The number of ether oxygens (including phenoxy) is 1. The number of alkyl halides is 2. The van der Waals surface area contributed by atoms with Gasteiger partial charge < -0.3 is 10.1 Å². The second kappa shape index (κ2) is 6.31. The van der Waals surface area contributed by atoms with Crippen molar-refractivity contribution in [3.8, 4) is 5.75 Å². The maximum atomic E-state index is 12.2. The van der Waals surface area contributed by atoms with E-state index in [1.165, 1.54) is 6.07 Å². The lowest BCUT2D eigenvalue weighted by Crippen LogP contribution is -2.24. The highest BCUT2D eigenvalue weighted by molar-refractivity contribution is 5.94. The molecule has 1 N–H and O–H groups in total. The number of rotatable bonds is 4. The number of anilines is 1. The first-order valence-electron chi connectivity index (χ1n) is 6.16. The van der Waals surface area contributed by atoms with Gasteiger partial charge >= 0.3 is 6.61 Å². The summed E-state index contributed by atoms with van der Waals surface area (Å²) in [4.78, 5) is 12.0. The second-order valence-electron chi connectivity index (χ2n) is 4.35. The Morgan fingerprint density at radius 1 is 1.32 bits per heavy atom. The van der Waals surface area contributed by atoms with Crippen molar-refractivity contribution < 1.29 is 18.3 Å². The van der Waals surface area contributed by atoms with Crippen molar-refractivity contribution in [2.24, 2.45) is 5.92 Å². The minimum Gasteiger partial charge on any atom is -0.433 e. The van der Waals surface area contributed by atoms with E-state index < -0.39 is 6.61 Å². The Morgan fingerprint density at radius 2 is 2.11 bits per heavy atom. The van der Waals surface area contributed by atoms with Crippen LogP contribution in [-0.4, -0.2) is 12.5 Å². The zero-order valence-electron chi connectivity index (χ0n) is 10.3. The lowest BCUT2D eigenvalue weighted by atomic mass is 9.93. The standard InChI is InChI=1S/C14H15F2NO2/c15-14(16)19-12-9-5-4-8-11(12)17-13(18)10-6-2-1-3-7-10/h1-2,4-5,8-10,14H,3,6-7H2,(H,17,18). The number of hydrogen-bond donors (Lipinski definition) is 1. The molecule has 0 saturated carbocycles. The molecule has 0 aliphatic heterocycles. The van der Waals surface area contributed by atoms with Gasteiger partial charge in [-0.05, 0) is 31.4 Å². The summed E-state index contributed by atoms with van der Waals surface area (Å²) in [7, 11) is 0. The molecule has 102 valence electrons. The molecule has 1 unspecified atom stereocenters. The van der Waals surface area contributed by atoms with Crippen LogP contribution in [0.3, 0.4) is 0 Å². The number of halogens is 2. The number of benzene rings is 1. The topological polar surface area (TPSA) is 38.3 Å². The van der Waals surface area contributed by atoms with Crippen LogP contribution in [0.15, 0.2) is 36.4 Å². The van der Waals surface area contributed by atoms with Crippen LogP contribution in [0.4, 0.5) is 14.5 Å². The summed E-state index contributed by atoms with van der Waals surface area (Å²) in [5.41, 5.74) is 0.280. The van der Waals surface area contributed by atoms with Crippen molar-refractivity contribution in [3.63, 3.8) is 0 Å². The molecule has 1 aliphatic rings. The molecule has 1 aromatic carbocycles. The van der Waals surface area contributed by atoms with E-state index in [2.05, 4.69) is 10.1 Å². The summed E-state index contributed by atoms with van der Waals surface area (Å²) in [6, 6.07) is 6.20. The van der Waals surface area contributed by atoms with E-state index in [0.717, 1.165) is 12.8 Å². The molecular formula is C14H15F2NO2. The molecule has 0 saturated heterocycles. The van der Waals surface area contributed by atoms with Crippen LogP contribution in [0.5, 0.6) is 5.75 Å². The van der Waals surface area contributed by atoms with Crippen LogP contribution in [0.1, 0.15) is 19.3 Å². The van der Waals surface area contributed by atoms with Gasteiger partial charge in [-0.2, -0.15) is 8.78 Å². The highest BCUT2D eigenvalue weighted by Crippen LogP contribution is 2.27. The van der Waals surface area contributed by atoms with Gasteiger partial charge in [0.25, 0.3) is 0 Å². The number of amides is 1. The third kappa shape index (κ3) is 3.77. The molecule has 0 heterocycles. The molecule has 0 radical (unpaired) electrons. The molecule has 1 atom stereocenters. The van der Waals surface area contributed by atoms with E-state index in [9.17, 15) is 13.6 Å². The van der Waals surface area contributed by atoms with Crippen molar-refractivity contribution in [1.82, 2.24) is 0 Å². The minimum absolute atomic E-state index is 0.0165. The predicted octanol–water partition coefficient (Wildman–Crippen LogP) is 3.58. The molecule has 3 nitrogen and oxygen atoms in total. The van der Waals surface area contributed by atoms with Gasteiger partial charge in [-0.15, -0.1) is 0 Å². The lowest BCUT2D eigenvalue weighted by Gasteiger charge is -2.18. The fraction of sp³-hybridized carbons (Fsp3) is 0.357. The maximum absolute atomic E-state index is 12.2. The van der Waals surface area contributed by atoms with Gasteiger partial charge in [-0.1, -0.05) is 24.3 Å². The Morgan fingerprint density at radius 3 is 2.79 bits per heavy atom.